The number of phenolic OH excluding ortho intramolecular Hbond substituents is 1. The maximum absolute atomic E-state index is 12.5. The molecule has 0 amide bonds. The van der Waals surface area contributed by atoms with Crippen LogP contribution in [0.1, 0.15) is 22.8 Å². The fourth-order valence-corrected chi connectivity index (χ4v) is 3.93. The first-order valence-electron chi connectivity index (χ1n) is 6.96. The van der Waals surface area contributed by atoms with Crippen molar-refractivity contribution >= 4 is 50.0 Å². The Hall–Kier alpha value is -0.630. The van der Waals surface area contributed by atoms with Crippen molar-refractivity contribution in [1.29, 1.82) is 0 Å². The number of benzene rings is 1. The minimum Gasteiger partial charge on any atom is -0.507 e. The third-order valence-corrected chi connectivity index (χ3v) is 5.89. The van der Waals surface area contributed by atoms with Gasteiger partial charge in [-0.3, -0.25) is 4.79 Å². The maximum atomic E-state index is 12.5. The molecule has 0 bridgehead atoms. The number of thioether (sulfide) groups is 1. The lowest BCUT2D eigenvalue weighted by atomic mass is 10.1. The number of rotatable bonds is 3. The van der Waals surface area contributed by atoms with E-state index in [4.69, 9.17) is 17.0 Å². The molecule has 0 unspecified atom stereocenters. The molecule has 1 N–H and O–H groups in total. The number of ether oxygens (including phenoxy) is 1. The monoisotopic (exact) mass is 403 g/mol. The molecule has 1 aliphatic heterocycles. The van der Waals surface area contributed by atoms with Crippen molar-refractivity contribution in [2.45, 2.75) is 19.1 Å². The van der Waals surface area contributed by atoms with Gasteiger partial charge in [-0.15, -0.1) is 0 Å². The summed E-state index contributed by atoms with van der Waals surface area (Å²) in [4.78, 5) is 14.6. The van der Waals surface area contributed by atoms with Crippen molar-refractivity contribution in [2.24, 2.45) is 0 Å². The molecule has 1 aromatic rings. The molecule has 120 valence electrons. The molecule has 0 spiro atoms. The van der Waals surface area contributed by atoms with E-state index in [1.807, 2.05) is 13.8 Å². The summed E-state index contributed by atoms with van der Waals surface area (Å²) in [5, 5.41) is 9.66. The zero-order valence-corrected chi connectivity index (χ0v) is 15.7. The quantitative estimate of drug-likeness (QED) is 0.616. The number of hydrogen-bond acceptors (Lipinski definition) is 5. The fraction of sp³-hybridized carbons (Fsp3) is 0.467. The van der Waals surface area contributed by atoms with Gasteiger partial charge in [-0.25, -0.2) is 0 Å². The molecular weight excluding hydrogens is 386 g/mol. The summed E-state index contributed by atoms with van der Waals surface area (Å²) in [6.45, 7) is 6.52. The van der Waals surface area contributed by atoms with E-state index in [2.05, 4.69) is 20.8 Å². The molecule has 1 saturated heterocycles. The number of phenols is 1. The first-order valence-corrected chi connectivity index (χ1v) is 9.05. The summed E-state index contributed by atoms with van der Waals surface area (Å²) < 4.78 is 6.81. The number of morpholine rings is 1. The van der Waals surface area contributed by atoms with Gasteiger partial charge in [-0.1, -0.05) is 39.9 Å². The van der Waals surface area contributed by atoms with Crippen molar-refractivity contribution in [1.82, 2.24) is 4.90 Å². The largest absolute Gasteiger partial charge is 0.507 e. The standard InChI is InChI=1S/C15H18BrNO3S2/c1-9-7-13(18)11(8-12(9)16)14(19)10(2)22-15(21)17-3-5-20-6-4-17/h7-8,10,18H,3-6H2,1-2H3/t10-/m0/s1. The van der Waals surface area contributed by atoms with Crippen LogP contribution in [0.3, 0.4) is 0 Å². The van der Waals surface area contributed by atoms with Crippen molar-refractivity contribution in [3.8, 4) is 5.75 Å². The Morgan fingerprint density at radius 3 is 2.73 bits per heavy atom. The average Bonchev–Trinajstić information content (AvgIpc) is 2.51. The first-order chi connectivity index (χ1) is 10.4. The topological polar surface area (TPSA) is 49.8 Å². The second-order valence-corrected chi connectivity index (χ2v) is 7.94. The van der Waals surface area contributed by atoms with Gasteiger partial charge in [0.05, 0.1) is 24.0 Å². The molecule has 0 saturated carbocycles. The molecule has 4 nitrogen and oxygen atoms in total. The lowest BCUT2D eigenvalue weighted by molar-refractivity contribution is 0.0702. The first kappa shape index (κ1) is 17.7. The van der Waals surface area contributed by atoms with Gasteiger partial charge in [-0.05, 0) is 31.5 Å². The van der Waals surface area contributed by atoms with Crippen LogP contribution in [0.5, 0.6) is 5.75 Å². The number of aromatic hydroxyl groups is 1. The predicted molar refractivity (Wildman–Crippen MR) is 96.9 cm³/mol. The number of aryl methyl sites for hydroxylation is 1. The molecule has 1 heterocycles. The third-order valence-electron chi connectivity index (χ3n) is 3.46. The van der Waals surface area contributed by atoms with Gasteiger partial charge in [0.2, 0.25) is 0 Å². The zero-order chi connectivity index (χ0) is 16.3. The van der Waals surface area contributed by atoms with Gasteiger partial charge in [0.25, 0.3) is 0 Å². The van der Waals surface area contributed by atoms with Crippen molar-refractivity contribution in [3.63, 3.8) is 0 Å². The fourth-order valence-electron chi connectivity index (χ4n) is 2.11. The maximum Gasteiger partial charge on any atom is 0.179 e. The summed E-state index contributed by atoms with van der Waals surface area (Å²) in [7, 11) is 0. The van der Waals surface area contributed by atoms with Gasteiger partial charge in [0, 0.05) is 17.6 Å². The molecule has 1 fully saturated rings. The van der Waals surface area contributed by atoms with Gasteiger partial charge in [0.1, 0.15) is 10.1 Å². The Morgan fingerprint density at radius 1 is 1.45 bits per heavy atom. The Kier molecular flexibility index (Phi) is 6.26. The summed E-state index contributed by atoms with van der Waals surface area (Å²) in [5.74, 6) is -0.116. The number of nitrogens with zero attached hydrogens (tertiary/aromatic N) is 1. The van der Waals surface area contributed by atoms with E-state index in [9.17, 15) is 9.90 Å². The summed E-state index contributed by atoms with van der Waals surface area (Å²) >= 11 is 10.2. The van der Waals surface area contributed by atoms with Crippen LogP contribution in [-0.4, -0.2) is 51.7 Å². The second-order valence-electron chi connectivity index (χ2n) is 5.11. The van der Waals surface area contributed by atoms with Gasteiger partial charge in [0.15, 0.2) is 5.78 Å². The molecule has 1 aromatic carbocycles. The number of Topliss-reactive ketones (excluding diaryl/α,β-unsaturated/α-hetero) is 1. The highest BCUT2D eigenvalue weighted by Crippen LogP contribution is 2.29. The minimum atomic E-state index is -0.351. The number of hydrogen-bond donors (Lipinski definition) is 1. The van der Waals surface area contributed by atoms with Crippen LogP contribution in [0.4, 0.5) is 0 Å². The Balaban J connectivity index is 2.05. The van der Waals surface area contributed by atoms with Crippen LogP contribution in [-0.2, 0) is 4.74 Å². The Labute approximate surface area is 148 Å². The number of carbonyl (C=O) groups is 1. The SMILES string of the molecule is Cc1cc(O)c(C(=O)[C@H](C)SC(=S)N2CCOCC2)cc1Br. The molecule has 0 aliphatic carbocycles. The highest BCUT2D eigenvalue weighted by Gasteiger charge is 2.24. The van der Waals surface area contributed by atoms with Crippen LogP contribution >= 0.6 is 39.9 Å². The van der Waals surface area contributed by atoms with E-state index in [1.165, 1.54) is 11.8 Å². The molecule has 1 aliphatic rings. The van der Waals surface area contributed by atoms with E-state index >= 15 is 0 Å². The number of halogens is 1. The van der Waals surface area contributed by atoms with Gasteiger partial charge in [-0.2, -0.15) is 0 Å². The molecule has 2 rings (SSSR count). The molecule has 0 radical (unpaired) electrons. The number of carbonyl (C=O) groups excluding carboxylic acids is 1. The van der Waals surface area contributed by atoms with Crippen LogP contribution in [0, 0.1) is 6.92 Å². The molecular formula is C15H18BrNO3S2. The van der Waals surface area contributed by atoms with E-state index in [-0.39, 0.29) is 16.8 Å². The van der Waals surface area contributed by atoms with Crippen molar-refractivity contribution in [3.05, 3.63) is 27.7 Å². The molecule has 0 aromatic heterocycles. The van der Waals surface area contributed by atoms with Gasteiger partial charge >= 0.3 is 0 Å². The van der Waals surface area contributed by atoms with Crippen LogP contribution in [0.2, 0.25) is 0 Å². The highest BCUT2D eigenvalue weighted by atomic mass is 79.9. The lowest BCUT2D eigenvalue weighted by Gasteiger charge is -2.29. The Morgan fingerprint density at radius 2 is 2.09 bits per heavy atom. The van der Waals surface area contributed by atoms with Crippen molar-refractivity contribution in [2.75, 3.05) is 26.3 Å². The number of thiocarbonyl (C=S) groups is 1. The lowest BCUT2D eigenvalue weighted by Crippen LogP contribution is -2.39. The van der Waals surface area contributed by atoms with Crippen LogP contribution < -0.4 is 0 Å². The highest BCUT2D eigenvalue weighted by molar-refractivity contribution is 9.10. The van der Waals surface area contributed by atoms with Crippen LogP contribution in [0.15, 0.2) is 16.6 Å². The van der Waals surface area contributed by atoms with E-state index < -0.39 is 0 Å². The van der Waals surface area contributed by atoms with Crippen molar-refractivity contribution < 1.29 is 14.6 Å². The predicted octanol–water partition coefficient (Wildman–Crippen LogP) is 3.38. The van der Waals surface area contributed by atoms with Crippen LogP contribution in [0.25, 0.3) is 0 Å². The number of ketones is 1. The van der Waals surface area contributed by atoms with Gasteiger partial charge < -0.3 is 14.7 Å². The average molecular weight is 404 g/mol. The van der Waals surface area contributed by atoms with E-state index in [0.717, 1.165) is 23.1 Å². The van der Waals surface area contributed by atoms with E-state index in [1.54, 1.807) is 12.1 Å². The summed E-state index contributed by atoms with van der Waals surface area (Å²) in [6.07, 6.45) is 0. The smallest absolute Gasteiger partial charge is 0.179 e. The minimum absolute atomic E-state index is 0.00967. The summed E-state index contributed by atoms with van der Waals surface area (Å²) in [6, 6.07) is 3.26. The second kappa shape index (κ2) is 7.77. The normalized spacial score (nSPS) is 16.4. The molecule has 7 heteroatoms. The Bertz CT molecular complexity index is 588. The molecule has 22 heavy (non-hydrogen) atoms. The third kappa shape index (κ3) is 4.22. The van der Waals surface area contributed by atoms with E-state index in [0.29, 0.717) is 23.1 Å². The molecule has 1 atom stereocenters. The summed E-state index contributed by atoms with van der Waals surface area (Å²) in [5.41, 5.74) is 1.21. The zero-order valence-electron chi connectivity index (χ0n) is 12.5.